The monoisotopic (exact) mass is 272 g/mol. The molecule has 2 aromatic heterocycles. The molecule has 0 bridgehead atoms. The largest absolute Gasteiger partial charge is 0.330 e. The summed E-state index contributed by atoms with van der Waals surface area (Å²) >= 11 is 1.62. The molecule has 5 heteroatoms. The normalized spacial score (nSPS) is 12.9. The maximum Gasteiger partial charge on any atom is 0.126 e. The molecule has 98 valence electrons. The molecule has 0 aliphatic carbocycles. The SMILES string of the molecule is CC(NCc1cscn1)c1nc2ccccc2n1C. The van der Waals surface area contributed by atoms with Gasteiger partial charge < -0.3 is 9.88 Å². The summed E-state index contributed by atoms with van der Waals surface area (Å²) in [6.45, 7) is 2.90. The van der Waals surface area contributed by atoms with Crippen molar-refractivity contribution in [1.82, 2.24) is 19.9 Å². The minimum Gasteiger partial charge on any atom is -0.330 e. The second-order valence-corrected chi connectivity index (χ2v) is 5.32. The van der Waals surface area contributed by atoms with E-state index in [-0.39, 0.29) is 6.04 Å². The molecule has 19 heavy (non-hydrogen) atoms. The van der Waals surface area contributed by atoms with Crippen LogP contribution in [0.25, 0.3) is 11.0 Å². The highest BCUT2D eigenvalue weighted by Gasteiger charge is 2.13. The Kier molecular flexibility index (Phi) is 3.31. The quantitative estimate of drug-likeness (QED) is 0.794. The van der Waals surface area contributed by atoms with Crippen LogP contribution in [0.4, 0.5) is 0 Å². The van der Waals surface area contributed by atoms with Gasteiger partial charge in [-0.3, -0.25) is 0 Å². The first-order valence-corrected chi connectivity index (χ1v) is 7.22. The van der Waals surface area contributed by atoms with Gasteiger partial charge in [0.05, 0.1) is 28.3 Å². The second kappa shape index (κ2) is 5.11. The summed E-state index contributed by atoms with van der Waals surface area (Å²) in [6.07, 6.45) is 0. The predicted octanol–water partition coefficient (Wildman–Crippen LogP) is 2.88. The molecule has 0 aliphatic heterocycles. The Morgan fingerprint density at radius 1 is 1.37 bits per heavy atom. The van der Waals surface area contributed by atoms with E-state index < -0.39 is 0 Å². The Morgan fingerprint density at radius 2 is 2.21 bits per heavy atom. The smallest absolute Gasteiger partial charge is 0.126 e. The summed E-state index contributed by atoms with van der Waals surface area (Å²) in [7, 11) is 2.06. The first-order chi connectivity index (χ1) is 9.25. The fourth-order valence-electron chi connectivity index (χ4n) is 2.23. The van der Waals surface area contributed by atoms with Gasteiger partial charge >= 0.3 is 0 Å². The Balaban J connectivity index is 1.81. The standard InChI is InChI=1S/C14H16N4S/c1-10(15-7-11-8-19-9-16-11)14-17-12-5-3-4-6-13(12)18(14)2/h3-6,8-10,15H,7H2,1-2H3. The van der Waals surface area contributed by atoms with Gasteiger partial charge in [0.15, 0.2) is 0 Å². The third-order valence-electron chi connectivity index (χ3n) is 3.28. The van der Waals surface area contributed by atoms with Crippen molar-refractivity contribution in [1.29, 1.82) is 0 Å². The highest BCUT2D eigenvalue weighted by atomic mass is 32.1. The number of nitrogens with zero attached hydrogens (tertiary/aromatic N) is 3. The first-order valence-electron chi connectivity index (χ1n) is 6.27. The van der Waals surface area contributed by atoms with Crippen LogP contribution in [0.5, 0.6) is 0 Å². The average Bonchev–Trinajstić information content (AvgIpc) is 3.05. The topological polar surface area (TPSA) is 42.7 Å². The van der Waals surface area contributed by atoms with E-state index >= 15 is 0 Å². The first kappa shape index (κ1) is 12.3. The van der Waals surface area contributed by atoms with E-state index in [0.717, 1.165) is 23.6 Å². The molecular formula is C14H16N4S. The number of fused-ring (bicyclic) bond motifs is 1. The van der Waals surface area contributed by atoms with Crippen LogP contribution in [0.1, 0.15) is 24.5 Å². The van der Waals surface area contributed by atoms with Gasteiger partial charge in [0.2, 0.25) is 0 Å². The molecule has 0 spiro atoms. The van der Waals surface area contributed by atoms with Gasteiger partial charge in [-0.1, -0.05) is 12.1 Å². The third-order valence-corrected chi connectivity index (χ3v) is 3.92. The minimum atomic E-state index is 0.194. The van der Waals surface area contributed by atoms with Crippen molar-refractivity contribution in [3.05, 3.63) is 46.7 Å². The molecule has 1 unspecified atom stereocenters. The van der Waals surface area contributed by atoms with Gasteiger partial charge in [-0.05, 0) is 19.1 Å². The fourth-order valence-corrected chi connectivity index (χ4v) is 2.78. The second-order valence-electron chi connectivity index (χ2n) is 4.60. The van der Waals surface area contributed by atoms with E-state index in [2.05, 4.69) is 40.3 Å². The summed E-state index contributed by atoms with van der Waals surface area (Å²) < 4.78 is 2.15. The Morgan fingerprint density at radius 3 is 2.95 bits per heavy atom. The van der Waals surface area contributed by atoms with E-state index in [1.54, 1.807) is 11.3 Å². The third kappa shape index (κ3) is 2.39. The molecule has 0 radical (unpaired) electrons. The van der Waals surface area contributed by atoms with Gasteiger partial charge in [-0.25, -0.2) is 9.97 Å². The molecule has 3 rings (SSSR count). The zero-order valence-corrected chi connectivity index (χ0v) is 11.8. The number of rotatable bonds is 4. The highest BCUT2D eigenvalue weighted by molar-refractivity contribution is 7.07. The van der Waals surface area contributed by atoms with Crippen LogP contribution in [0.2, 0.25) is 0 Å². The van der Waals surface area contributed by atoms with Crippen LogP contribution in [0.15, 0.2) is 35.2 Å². The zero-order chi connectivity index (χ0) is 13.2. The number of imidazole rings is 1. The fraction of sp³-hybridized carbons (Fsp3) is 0.286. The zero-order valence-electron chi connectivity index (χ0n) is 11.0. The molecule has 3 aromatic rings. The van der Waals surface area contributed by atoms with E-state index in [0.29, 0.717) is 0 Å². The van der Waals surface area contributed by atoms with Crippen LogP contribution >= 0.6 is 11.3 Å². The molecule has 2 heterocycles. The molecule has 0 amide bonds. The average molecular weight is 272 g/mol. The lowest BCUT2D eigenvalue weighted by Gasteiger charge is -2.12. The van der Waals surface area contributed by atoms with Crippen molar-refractivity contribution in [3.8, 4) is 0 Å². The van der Waals surface area contributed by atoms with Crippen LogP contribution in [-0.2, 0) is 13.6 Å². The van der Waals surface area contributed by atoms with Crippen molar-refractivity contribution in [3.63, 3.8) is 0 Å². The van der Waals surface area contributed by atoms with Crippen LogP contribution in [-0.4, -0.2) is 14.5 Å². The van der Waals surface area contributed by atoms with Crippen LogP contribution < -0.4 is 5.32 Å². The molecular weight excluding hydrogens is 256 g/mol. The lowest BCUT2D eigenvalue weighted by Crippen LogP contribution is -2.21. The molecule has 1 aromatic carbocycles. The van der Waals surface area contributed by atoms with Crippen molar-refractivity contribution in [2.75, 3.05) is 0 Å². The Bertz CT molecular complexity index is 672. The molecule has 0 aliphatic rings. The van der Waals surface area contributed by atoms with E-state index in [4.69, 9.17) is 4.98 Å². The van der Waals surface area contributed by atoms with Crippen molar-refractivity contribution in [2.45, 2.75) is 19.5 Å². The number of para-hydroxylation sites is 2. The van der Waals surface area contributed by atoms with Gasteiger partial charge in [-0.15, -0.1) is 11.3 Å². The van der Waals surface area contributed by atoms with E-state index in [1.165, 1.54) is 5.52 Å². The molecule has 1 N–H and O–H groups in total. The maximum atomic E-state index is 4.69. The van der Waals surface area contributed by atoms with Crippen LogP contribution in [0.3, 0.4) is 0 Å². The summed E-state index contributed by atoms with van der Waals surface area (Å²) in [5.41, 5.74) is 5.15. The predicted molar refractivity (Wildman–Crippen MR) is 78.1 cm³/mol. The number of nitrogens with one attached hydrogen (secondary N) is 1. The summed E-state index contributed by atoms with van der Waals surface area (Å²) in [6, 6.07) is 8.40. The summed E-state index contributed by atoms with van der Waals surface area (Å²) in [4.78, 5) is 8.97. The van der Waals surface area contributed by atoms with Gasteiger partial charge in [0.1, 0.15) is 5.82 Å². The summed E-state index contributed by atoms with van der Waals surface area (Å²) in [5.74, 6) is 1.05. The van der Waals surface area contributed by atoms with Crippen LogP contribution in [0, 0.1) is 0 Å². The maximum absolute atomic E-state index is 4.69. The highest BCUT2D eigenvalue weighted by Crippen LogP contribution is 2.19. The molecule has 0 saturated carbocycles. The number of benzene rings is 1. The van der Waals surface area contributed by atoms with Gasteiger partial charge in [0.25, 0.3) is 0 Å². The molecule has 0 fully saturated rings. The van der Waals surface area contributed by atoms with Crippen molar-refractivity contribution >= 4 is 22.4 Å². The van der Waals surface area contributed by atoms with E-state index in [1.807, 2.05) is 23.7 Å². The summed E-state index contributed by atoms with van der Waals surface area (Å²) in [5, 5.41) is 5.53. The number of hydrogen-bond acceptors (Lipinski definition) is 4. The van der Waals surface area contributed by atoms with Crippen molar-refractivity contribution in [2.24, 2.45) is 7.05 Å². The molecule has 0 saturated heterocycles. The number of aryl methyl sites for hydroxylation is 1. The molecule has 4 nitrogen and oxygen atoms in total. The Labute approximate surface area is 116 Å². The van der Waals surface area contributed by atoms with E-state index in [9.17, 15) is 0 Å². The number of thiazole rings is 1. The number of aromatic nitrogens is 3. The number of hydrogen-bond donors (Lipinski definition) is 1. The molecule has 1 atom stereocenters. The Hall–Kier alpha value is -1.72. The van der Waals surface area contributed by atoms with Gasteiger partial charge in [0, 0.05) is 19.0 Å². The van der Waals surface area contributed by atoms with Gasteiger partial charge in [-0.2, -0.15) is 0 Å². The van der Waals surface area contributed by atoms with Crippen molar-refractivity contribution < 1.29 is 0 Å². The lowest BCUT2D eigenvalue weighted by atomic mass is 10.3. The lowest BCUT2D eigenvalue weighted by molar-refractivity contribution is 0.529. The minimum absolute atomic E-state index is 0.194.